The van der Waals surface area contributed by atoms with Crippen LogP contribution in [0.3, 0.4) is 0 Å². The minimum atomic E-state index is -0.0940. The van der Waals surface area contributed by atoms with E-state index in [2.05, 4.69) is 18.0 Å². The van der Waals surface area contributed by atoms with Gasteiger partial charge in [0.1, 0.15) is 11.0 Å². The first-order chi connectivity index (χ1) is 15.0. The highest BCUT2D eigenvalue weighted by Gasteiger charge is 2.18. The van der Waals surface area contributed by atoms with Gasteiger partial charge in [0, 0.05) is 21.7 Å². The fourth-order valence-electron chi connectivity index (χ4n) is 3.80. The van der Waals surface area contributed by atoms with E-state index in [1.165, 1.54) is 11.8 Å². The van der Waals surface area contributed by atoms with Crippen LogP contribution in [0.25, 0.3) is 27.6 Å². The first kappa shape index (κ1) is 19.9. The van der Waals surface area contributed by atoms with E-state index in [1.54, 1.807) is 4.57 Å². The number of para-hydroxylation sites is 1. The lowest BCUT2D eigenvalue weighted by Crippen LogP contribution is -2.22. The largest absolute Gasteiger partial charge is 0.349 e. The Morgan fingerprint density at radius 2 is 1.84 bits per heavy atom. The molecule has 0 amide bonds. The Hall–Kier alpha value is -3.02. The molecule has 0 bridgehead atoms. The number of nitrogens with one attached hydrogen (secondary N) is 1. The van der Waals surface area contributed by atoms with Gasteiger partial charge in [0.2, 0.25) is 0 Å². The molecule has 0 unspecified atom stereocenters. The van der Waals surface area contributed by atoms with Crippen molar-refractivity contribution in [3.05, 3.63) is 98.8 Å². The van der Waals surface area contributed by atoms with Gasteiger partial charge in [-0.3, -0.25) is 9.36 Å². The van der Waals surface area contributed by atoms with E-state index in [0.717, 1.165) is 33.3 Å². The van der Waals surface area contributed by atoms with Crippen LogP contribution < -0.4 is 5.56 Å². The predicted molar refractivity (Wildman–Crippen MR) is 130 cm³/mol. The second kappa shape index (κ2) is 7.91. The van der Waals surface area contributed by atoms with Crippen LogP contribution in [0.2, 0.25) is 5.02 Å². The summed E-state index contributed by atoms with van der Waals surface area (Å²) in [6.07, 6.45) is 0. The number of thioether (sulfide) groups is 1. The molecule has 0 aliphatic rings. The standard InChI is InChI=1S/C25H20ClN3OS/c1-15-7-5-12-21(16(15)2)29-24(30)23-22(19-10-3-4-11-20(19)27-23)28-25(29)31-14-17-8-6-9-18(26)13-17/h3-13,27H,14H2,1-2H3. The van der Waals surface area contributed by atoms with E-state index in [4.69, 9.17) is 16.6 Å². The van der Waals surface area contributed by atoms with Crippen molar-refractivity contribution in [2.24, 2.45) is 0 Å². The maximum atomic E-state index is 13.7. The molecule has 2 aromatic heterocycles. The zero-order chi connectivity index (χ0) is 21.5. The van der Waals surface area contributed by atoms with Gasteiger partial charge < -0.3 is 4.98 Å². The molecule has 5 aromatic rings. The van der Waals surface area contributed by atoms with E-state index < -0.39 is 0 Å². The summed E-state index contributed by atoms with van der Waals surface area (Å²) in [7, 11) is 0. The van der Waals surface area contributed by atoms with Crippen molar-refractivity contribution in [1.82, 2.24) is 14.5 Å². The molecule has 0 aliphatic heterocycles. The third kappa shape index (κ3) is 3.54. The van der Waals surface area contributed by atoms with Crippen molar-refractivity contribution in [3.63, 3.8) is 0 Å². The Morgan fingerprint density at radius 1 is 1.03 bits per heavy atom. The third-order valence-corrected chi connectivity index (χ3v) is 6.81. The Labute approximate surface area is 188 Å². The molecule has 0 saturated heterocycles. The van der Waals surface area contributed by atoms with Crippen LogP contribution >= 0.6 is 23.4 Å². The van der Waals surface area contributed by atoms with Gasteiger partial charge in [-0.1, -0.05) is 65.8 Å². The molecule has 31 heavy (non-hydrogen) atoms. The topological polar surface area (TPSA) is 50.7 Å². The van der Waals surface area contributed by atoms with Crippen molar-refractivity contribution < 1.29 is 0 Å². The molecule has 4 nitrogen and oxygen atoms in total. The molecule has 0 aliphatic carbocycles. The van der Waals surface area contributed by atoms with Crippen molar-refractivity contribution >= 4 is 45.3 Å². The highest BCUT2D eigenvalue weighted by atomic mass is 35.5. The van der Waals surface area contributed by atoms with Gasteiger partial charge in [0.15, 0.2) is 5.16 Å². The lowest BCUT2D eigenvalue weighted by Gasteiger charge is -2.15. The van der Waals surface area contributed by atoms with Crippen LogP contribution in [0.1, 0.15) is 16.7 Å². The average Bonchev–Trinajstić information content (AvgIpc) is 3.14. The molecular weight excluding hydrogens is 426 g/mol. The fourth-order valence-corrected chi connectivity index (χ4v) is 4.96. The van der Waals surface area contributed by atoms with Gasteiger partial charge >= 0.3 is 0 Å². The summed E-state index contributed by atoms with van der Waals surface area (Å²) in [5.74, 6) is 0.658. The summed E-state index contributed by atoms with van der Waals surface area (Å²) in [5.41, 5.74) is 6.17. The molecule has 1 N–H and O–H groups in total. The van der Waals surface area contributed by atoms with Crippen LogP contribution in [0, 0.1) is 13.8 Å². The molecule has 0 fully saturated rings. The monoisotopic (exact) mass is 445 g/mol. The Kier molecular flexibility index (Phi) is 5.08. The first-order valence-corrected chi connectivity index (χ1v) is 11.4. The van der Waals surface area contributed by atoms with E-state index in [9.17, 15) is 4.79 Å². The third-order valence-electron chi connectivity index (χ3n) is 5.57. The molecule has 154 valence electrons. The summed E-state index contributed by atoms with van der Waals surface area (Å²) in [4.78, 5) is 22.0. The van der Waals surface area contributed by atoms with E-state index >= 15 is 0 Å². The van der Waals surface area contributed by atoms with E-state index in [-0.39, 0.29) is 5.56 Å². The van der Waals surface area contributed by atoms with Gasteiger partial charge in [-0.15, -0.1) is 0 Å². The van der Waals surface area contributed by atoms with Gasteiger partial charge in [-0.2, -0.15) is 0 Å². The minimum absolute atomic E-state index is 0.0940. The minimum Gasteiger partial charge on any atom is -0.349 e. The van der Waals surface area contributed by atoms with Crippen molar-refractivity contribution in [2.45, 2.75) is 24.8 Å². The van der Waals surface area contributed by atoms with Gasteiger partial charge in [0.25, 0.3) is 5.56 Å². The summed E-state index contributed by atoms with van der Waals surface area (Å²) in [6, 6.07) is 21.7. The quantitative estimate of drug-likeness (QED) is 0.256. The van der Waals surface area contributed by atoms with Crippen LogP contribution in [0.5, 0.6) is 0 Å². The molecule has 3 aromatic carbocycles. The number of hydrogen-bond donors (Lipinski definition) is 1. The lowest BCUT2D eigenvalue weighted by molar-refractivity contribution is 0.812. The van der Waals surface area contributed by atoms with Crippen molar-refractivity contribution in [1.29, 1.82) is 0 Å². The number of nitrogens with zero attached hydrogens (tertiary/aromatic N) is 2. The number of H-pyrrole nitrogens is 1. The lowest BCUT2D eigenvalue weighted by atomic mass is 10.1. The second-order valence-electron chi connectivity index (χ2n) is 7.57. The van der Waals surface area contributed by atoms with Crippen molar-refractivity contribution in [2.75, 3.05) is 0 Å². The first-order valence-electron chi connectivity index (χ1n) is 10.0. The van der Waals surface area contributed by atoms with Crippen LogP contribution in [0.15, 0.2) is 76.7 Å². The van der Waals surface area contributed by atoms with Crippen LogP contribution in [-0.2, 0) is 5.75 Å². The molecule has 0 spiro atoms. The maximum Gasteiger partial charge on any atom is 0.283 e. The molecule has 5 rings (SSSR count). The molecule has 2 heterocycles. The summed E-state index contributed by atoms with van der Waals surface area (Å²) < 4.78 is 1.73. The summed E-state index contributed by atoms with van der Waals surface area (Å²) in [6.45, 7) is 4.09. The molecular formula is C25H20ClN3OS. The Morgan fingerprint density at radius 3 is 2.68 bits per heavy atom. The molecule has 0 radical (unpaired) electrons. The fraction of sp³-hybridized carbons (Fsp3) is 0.120. The number of halogens is 1. The highest BCUT2D eigenvalue weighted by molar-refractivity contribution is 7.98. The van der Waals surface area contributed by atoms with Gasteiger partial charge in [-0.05, 0) is 54.8 Å². The van der Waals surface area contributed by atoms with E-state index in [1.807, 2.05) is 67.6 Å². The SMILES string of the molecule is Cc1cccc(-n2c(SCc3cccc(Cl)c3)nc3c([nH]c4ccccc43)c2=O)c1C. The summed E-state index contributed by atoms with van der Waals surface area (Å²) >= 11 is 7.70. The normalized spacial score (nSPS) is 11.5. The maximum absolute atomic E-state index is 13.7. The number of fused-ring (bicyclic) bond motifs is 3. The zero-order valence-electron chi connectivity index (χ0n) is 17.1. The highest BCUT2D eigenvalue weighted by Crippen LogP contribution is 2.29. The number of aromatic nitrogens is 3. The predicted octanol–water partition coefficient (Wildman–Crippen LogP) is 6.43. The number of benzene rings is 3. The molecule has 0 atom stereocenters. The van der Waals surface area contributed by atoms with Gasteiger partial charge in [0.05, 0.1) is 5.69 Å². The number of hydrogen-bond acceptors (Lipinski definition) is 3. The number of aryl methyl sites for hydroxylation is 1. The Balaban J connectivity index is 1.75. The van der Waals surface area contributed by atoms with Gasteiger partial charge in [-0.25, -0.2) is 4.98 Å². The average molecular weight is 446 g/mol. The van der Waals surface area contributed by atoms with Crippen molar-refractivity contribution in [3.8, 4) is 5.69 Å². The van der Waals surface area contributed by atoms with Crippen LogP contribution in [0.4, 0.5) is 0 Å². The molecule has 6 heteroatoms. The second-order valence-corrected chi connectivity index (χ2v) is 8.95. The Bertz CT molecular complexity index is 1500. The smallest absolute Gasteiger partial charge is 0.283 e. The van der Waals surface area contributed by atoms with Crippen LogP contribution in [-0.4, -0.2) is 14.5 Å². The zero-order valence-corrected chi connectivity index (χ0v) is 18.7. The molecule has 0 saturated carbocycles. The number of aromatic amines is 1. The summed E-state index contributed by atoms with van der Waals surface area (Å²) in [5, 5.41) is 2.31. The number of rotatable bonds is 4. The van der Waals surface area contributed by atoms with E-state index in [0.29, 0.717) is 27.0 Å².